The molecule has 0 aromatic carbocycles. The molecular weight excluding hydrogens is 301 g/mol. The van der Waals surface area contributed by atoms with Crippen molar-refractivity contribution in [1.29, 1.82) is 0 Å². The summed E-state index contributed by atoms with van der Waals surface area (Å²) in [5, 5.41) is 11.1. The van der Waals surface area contributed by atoms with E-state index in [1.165, 1.54) is 12.3 Å². The smallest absolute Gasteiger partial charge is 0.433 e. The van der Waals surface area contributed by atoms with Crippen LogP contribution in [0, 0.1) is 0 Å². The zero-order valence-electron chi connectivity index (χ0n) is 11.1. The van der Waals surface area contributed by atoms with Crippen LogP contribution in [0.2, 0.25) is 0 Å². The fraction of sp³-hybridized carbons (Fsp3) is 0.231. The van der Waals surface area contributed by atoms with Gasteiger partial charge in [0.05, 0.1) is 6.42 Å². The Balaban J connectivity index is 2.35. The number of aliphatic carboxylic acids is 1. The Kier molecular flexibility index (Phi) is 4.54. The van der Waals surface area contributed by atoms with Crippen LogP contribution in [0.4, 0.5) is 19.0 Å². The molecule has 0 radical (unpaired) electrons. The quantitative estimate of drug-likeness (QED) is 0.881. The van der Waals surface area contributed by atoms with Crippen molar-refractivity contribution < 1.29 is 23.1 Å². The minimum atomic E-state index is -4.64. The van der Waals surface area contributed by atoms with Crippen LogP contribution in [0.1, 0.15) is 12.1 Å². The Bertz CT molecular complexity index is 662. The number of rotatable bonds is 5. The number of aromatic nitrogens is 3. The molecule has 0 aliphatic heterocycles. The lowest BCUT2D eigenvalue weighted by Crippen LogP contribution is -2.14. The Hall–Kier alpha value is -2.71. The van der Waals surface area contributed by atoms with E-state index in [9.17, 15) is 18.0 Å². The molecule has 0 amide bonds. The third-order valence-corrected chi connectivity index (χ3v) is 2.56. The standard InChI is InChI=1S/C13H11F3N4O2/c14-13(15,16)9-7-10(18-6-4-11(21)22)20-12(19-9)8-3-1-2-5-17-8/h1-3,5,7H,4,6H2,(H,21,22)(H,18,19,20). The third-order valence-electron chi connectivity index (χ3n) is 2.56. The van der Waals surface area contributed by atoms with Gasteiger partial charge in [-0.3, -0.25) is 9.78 Å². The van der Waals surface area contributed by atoms with Gasteiger partial charge in [-0.15, -0.1) is 0 Å². The molecule has 6 nitrogen and oxygen atoms in total. The summed E-state index contributed by atoms with van der Waals surface area (Å²) in [5.74, 6) is -1.36. The van der Waals surface area contributed by atoms with Crippen molar-refractivity contribution in [3.63, 3.8) is 0 Å². The van der Waals surface area contributed by atoms with Gasteiger partial charge in [0.2, 0.25) is 0 Å². The molecule has 0 unspecified atom stereocenters. The summed E-state index contributed by atoms with van der Waals surface area (Å²) in [6, 6.07) is 5.43. The van der Waals surface area contributed by atoms with E-state index in [0.717, 1.165) is 6.07 Å². The first kappa shape index (κ1) is 15.7. The summed E-state index contributed by atoms with van der Waals surface area (Å²) in [7, 11) is 0. The first-order chi connectivity index (χ1) is 10.4. The lowest BCUT2D eigenvalue weighted by molar-refractivity contribution is -0.141. The highest BCUT2D eigenvalue weighted by molar-refractivity contribution is 5.67. The van der Waals surface area contributed by atoms with E-state index >= 15 is 0 Å². The summed E-state index contributed by atoms with van der Waals surface area (Å²) >= 11 is 0. The molecule has 2 aromatic rings. The van der Waals surface area contributed by atoms with Crippen LogP contribution in [0.15, 0.2) is 30.5 Å². The van der Waals surface area contributed by atoms with Gasteiger partial charge in [-0.05, 0) is 12.1 Å². The Morgan fingerprint density at radius 3 is 2.64 bits per heavy atom. The molecule has 0 fully saturated rings. The van der Waals surface area contributed by atoms with Crippen LogP contribution in [0.3, 0.4) is 0 Å². The van der Waals surface area contributed by atoms with Gasteiger partial charge < -0.3 is 10.4 Å². The van der Waals surface area contributed by atoms with Crippen molar-refractivity contribution in [2.24, 2.45) is 0 Å². The highest BCUT2D eigenvalue weighted by Crippen LogP contribution is 2.30. The van der Waals surface area contributed by atoms with Crippen LogP contribution >= 0.6 is 0 Å². The number of carboxylic acid groups (broad SMARTS) is 1. The number of alkyl halides is 3. The number of halogens is 3. The number of carboxylic acids is 1. The predicted octanol–water partition coefficient (Wildman–Crippen LogP) is 2.44. The van der Waals surface area contributed by atoms with Crippen molar-refractivity contribution >= 4 is 11.8 Å². The average Bonchev–Trinajstić information content (AvgIpc) is 2.46. The van der Waals surface area contributed by atoms with Crippen LogP contribution in [-0.4, -0.2) is 32.6 Å². The van der Waals surface area contributed by atoms with E-state index < -0.39 is 17.8 Å². The zero-order valence-corrected chi connectivity index (χ0v) is 11.1. The summed E-state index contributed by atoms with van der Waals surface area (Å²) < 4.78 is 38.6. The summed E-state index contributed by atoms with van der Waals surface area (Å²) in [4.78, 5) is 21.7. The molecule has 9 heteroatoms. The maximum Gasteiger partial charge on any atom is 0.433 e. The fourth-order valence-electron chi connectivity index (χ4n) is 1.59. The molecule has 2 rings (SSSR count). The molecule has 0 spiro atoms. The SMILES string of the molecule is O=C(O)CCNc1cc(C(F)(F)F)nc(-c2ccccn2)n1. The third kappa shape index (κ3) is 4.14. The molecule has 2 heterocycles. The number of anilines is 1. The molecule has 2 aromatic heterocycles. The van der Waals surface area contributed by atoms with E-state index in [-0.39, 0.29) is 30.3 Å². The van der Waals surface area contributed by atoms with Gasteiger partial charge in [-0.1, -0.05) is 6.07 Å². The summed E-state index contributed by atoms with van der Waals surface area (Å²) in [6.07, 6.45) is -3.48. The van der Waals surface area contributed by atoms with Crippen LogP contribution in [0.5, 0.6) is 0 Å². The minimum Gasteiger partial charge on any atom is -0.481 e. The Labute approximate surface area is 123 Å². The molecule has 0 saturated heterocycles. The minimum absolute atomic E-state index is 0.0503. The lowest BCUT2D eigenvalue weighted by atomic mass is 10.3. The van der Waals surface area contributed by atoms with Crippen molar-refractivity contribution in [1.82, 2.24) is 15.0 Å². The summed E-state index contributed by atoms with van der Waals surface area (Å²) in [6.45, 7) is -0.0503. The molecule has 0 saturated carbocycles. The maximum absolute atomic E-state index is 12.9. The van der Waals surface area contributed by atoms with Crippen molar-refractivity contribution in [3.05, 3.63) is 36.2 Å². The van der Waals surface area contributed by atoms with Crippen molar-refractivity contribution in [2.75, 3.05) is 11.9 Å². The van der Waals surface area contributed by atoms with E-state index in [0.29, 0.717) is 0 Å². The molecule has 0 atom stereocenters. The number of nitrogens with zero attached hydrogens (tertiary/aromatic N) is 3. The average molecular weight is 312 g/mol. The molecule has 116 valence electrons. The maximum atomic E-state index is 12.9. The van der Waals surface area contributed by atoms with E-state index in [1.807, 2.05) is 0 Å². The second-order valence-corrected chi connectivity index (χ2v) is 4.25. The number of hydrogen-bond donors (Lipinski definition) is 2. The van der Waals surface area contributed by atoms with Crippen molar-refractivity contribution in [3.8, 4) is 11.5 Å². The molecule has 0 bridgehead atoms. The number of carbonyl (C=O) groups is 1. The van der Waals surface area contributed by atoms with Crippen LogP contribution in [0.25, 0.3) is 11.5 Å². The van der Waals surface area contributed by atoms with Gasteiger partial charge in [-0.25, -0.2) is 9.97 Å². The van der Waals surface area contributed by atoms with Gasteiger partial charge in [0.15, 0.2) is 11.5 Å². The Morgan fingerprint density at radius 2 is 2.05 bits per heavy atom. The second-order valence-electron chi connectivity index (χ2n) is 4.25. The number of hydrogen-bond acceptors (Lipinski definition) is 5. The lowest BCUT2D eigenvalue weighted by Gasteiger charge is -2.11. The zero-order chi connectivity index (χ0) is 16.2. The highest BCUT2D eigenvalue weighted by atomic mass is 19.4. The van der Waals surface area contributed by atoms with Gasteiger partial charge in [0.1, 0.15) is 11.5 Å². The number of pyridine rings is 1. The first-order valence-electron chi connectivity index (χ1n) is 6.19. The highest BCUT2D eigenvalue weighted by Gasteiger charge is 2.34. The van der Waals surface area contributed by atoms with Crippen molar-refractivity contribution in [2.45, 2.75) is 12.6 Å². The van der Waals surface area contributed by atoms with E-state index in [1.54, 1.807) is 12.1 Å². The molecule has 0 aliphatic carbocycles. The number of nitrogens with one attached hydrogen (secondary N) is 1. The van der Waals surface area contributed by atoms with Gasteiger partial charge >= 0.3 is 12.1 Å². The Morgan fingerprint density at radius 1 is 1.27 bits per heavy atom. The normalized spacial score (nSPS) is 11.2. The fourth-order valence-corrected chi connectivity index (χ4v) is 1.59. The van der Waals surface area contributed by atoms with Gasteiger partial charge in [0.25, 0.3) is 0 Å². The molecule has 2 N–H and O–H groups in total. The molecular formula is C13H11F3N4O2. The second kappa shape index (κ2) is 6.37. The van der Waals surface area contributed by atoms with Crippen LogP contribution < -0.4 is 5.32 Å². The largest absolute Gasteiger partial charge is 0.481 e. The summed E-state index contributed by atoms with van der Waals surface area (Å²) in [5.41, 5.74) is -0.934. The molecule has 22 heavy (non-hydrogen) atoms. The van der Waals surface area contributed by atoms with Gasteiger partial charge in [-0.2, -0.15) is 13.2 Å². The monoisotopic (exact) mass is 312 g/mol. The predicted molar refractivity (Wildman–Crippen MR) is 71.0 cm³/mol. The topological polar surface area (TPSA) is 88.0 Å². The van der Waals surface area contributed by atoms with E-state index in [2.05, 4.69) is 20.3 Å². The van der Waals surface area contributed by atoms with Crippen LogP contribution in [-0.2, 0) is 11.0 Å². The molecule has 0 aliphatic rings. The van der Waals surface area contributed by atoms with E-state index in [4.69, 9.17) is 5.11 Å². The first-order valence-corrected chi connectivity index (χ1v) is 6.19. The van der Waals surface area contributed by atoms with Gasteiger partial charge in [0, 0.05) is 18.8 Å².